The van der Waals surface area contributed by atoms with Gasteiger partial charge in [0.05, 0.1) is 6.10 Å². The van der Waals surface area contributed by atoms with Crippen LogP contribution in [0.1, 0.15) is 97.8 Å². The number of rotatable bonds is 16. The van der Waals surface area contributed by atoms with Crippen LogP contribution in [0.5, 0.6) is 0 Å². The molecule has 42 heavy (non-hydrogen) atoms. The Morgan fingerprint density at radius 2 is 1.69 bits per heavy atom. The number of hydrogen-bond acceptors (Lipinski definition) is 7. The van der Waals surface area contributed by atoms with Crippen molar-refractivity contribution >= 4 is 16.3 Å². The second kappa shape index (κ2) is 14.8. The molecule has 242 valence electrons. The van der Waals surface area contributed by atoms with Crippen LogP contribution < -0.4 is 21.7 Å². The summed E-state index contributed by atoms with van der Waals surface area (Å²) in [6, 6.07) is 0. The van der Waals surface area contributed by atoms with E-state index in [1.165, 1.54) is 12.0 Å². The Morgan fingerprint density at radius 1 is 1.00 bits per heavy atom. The topological polar surface area (TPSA) is 143 Å². The highest BCUT2D eigenvalue weighted by Gasteiger charge is 2.59. The first-order chi connectivity index (χ1) is 20.0. The van der Waals surface area contributed by atoms with Gasteiger partial charge in [-0.15, -0.1) is 0 Å². The zero-order valence-electron chi connectivity index (χ0n) is 26.3. The van der Waals surface area contributed by atoms with Gasteiger partial charge < -0.3 is 21.7 Å². The summed E-state index contributed by atoms with van der Waals surface area (Å²) in [6.45, 7) is 12.5. The Labute approximate surface area is 254 Å². The van der Waals surface area contributed by atoms with Crippen LogP contribution in [0.25, 0.3) is 0 Å². The second-order valence-corrected chi connectivity index (χ2v) is 15.2. The average molecular weight is 611 g/mol. The summed E-state index contributed by atoms with van der Waals surface area (Å²) in [7, 11) is -4.43. The van der Waals surface area contributed by atoms with E-state index in [1.807, 2.05) is 0 Å². The normalized spacial score (nSPS) is 35.1. The van der Waals surface area contributed by atoms with E-state index in [9.17, 15) is 17.8 Å². The summed E-state index contributed by atoms with van der Waals surface area (Å²) in [5, 5.41) is 10.2. The minimum absolute atomic E-state index is 0.0228. The predicted molar refractivity (Wildman–Crippen MR) is 167 cm³/mol. The molecule has 0 heterocycles. The molecule has 0 spiro atoms. The number of hydrogen-bond donors (Lipinski definition) is 5. The molecule has 0 aromatic carbocycles. The van der Waals surface area contributed by atoms with Crippen molar-refractivity contribution in [3.05, 3.63) is 11.6 Å². The molecule has 8 atom stereocenters. The Kier molecular flexibility index (Phi) is 11.9. The molecule has 3 fully saturated rings. The average Bonchev–Trinajstić information content (AvgIpc) is 3.29. The van der Waals surface area contributed by atoms with Crippen molar-refractivity contribution in [1.29, 1.82) is 0 Å². The fraction of sp³-hybridized carbons (Fsp3) is 0.906. The lowest BCUT2D eigenvalue weighted by molar-refractivity contribution is -0.129. The van der Waals surface area contributed by atoms with Gasteiger partial charge in [0.2, 0.25) is 5.91 Å². The largest absolute Gasteiger partial charge is 0.397 e. The number of nitrogens with two attached hydrogens (primary N) is 1. The molecule has 10 heteroatoms. The Hall–Kier alpha value is -1.04. The van der Waals surface area contributed by atoms with E-state index in [0.29, 0.717) is 36.5 Å². The summed E-state index contributed by atoms with van der Waals surface area (Å²) in [6.07, 6.45) is 14.0. The number of allylic oxidation sites excluding steroid dienone is 1. The monoisotopic (exact) mass is 610 g/mol. The molecule has 0 aliphatic heterocycles. The number of amides is 1. The Morgan fingerprint density at radius 3 is 2.38 bits per heavy atom. The Bertz CT molecular complexity index is 1040. The van der Waals surface area contributed by atoms with Crippen molar-refractivity contribution in [1.82, 2.24) is 16.0 Å². The van der Waals surface area contributed by atoms with Gasteiger partial charge in [0, 0.05) is 12.5 Å². The lowest BCUT2D eigenvalue weighted by Gasteiger charge is -2.58. The highest BCUT2D eigenvalue weighted by Crippen LogP contribution is 2.67. The first-order valence-corrected chi connectivity index (χ1v) is 18.1. The zero-order valence-corrected chi connectivity index (χ0v) is 27.2. The minimum Gasteiger partial charge on any atom is -0.356 e. The third kappa shape index (κ3) is 7.96. The van der Waals surface area contributed by atoms with E-state index in [2.05, 4.69) is 42.8 Å². The van der Waals surface area contributed by atoms with Crippen LogP contribution in [-0.4, -0.2) is 64.3 Å². The number of fused-ring (bicyclic) bond motifs is 5. The molecule has 1 amide bonds. The van der Waals surface area contributed by atoms with E-state index in [-0.39, 0.29) is 22.7 Å². The molecule has 0 bridgehead atoms. The molecule has 0 saturated heterocycles. The minimum atomic E-state index is -4.43. The third-order valence-electron chi connectivity index (χ3n) is 11.8. The first kappa shape index (κ1) is 33.8. The molecule has 0 radical (unpaired) electrons. The molecule has 0 aromatic heterocycles. The molecular weight excluding hydrogens is 552 g/mol. The van der Waals surface area contributed by atoms with E-state index in [0.717, 1.165) is 97.1 Å². The van der Waals surface area contributed by atoms with Gasteiger partial charge in [-0.1, -0.05) is 32.4 Å². The first-order valence-electron chi connectivity index (χ1n) is 16.7. The zero-order chi connectivity index (χ0) is 30.4. The smallest absolute Gasteiger partial charge is 0.356 e. The molecule has 0 aromatic rings. The maximum atomic E-state index is 13.3. The van der Waals surface area contributed by atoms with Crippen molar-refractivity contribution in [2.75, 3.05) is 39.3 Å². The van der Waals surface area contributed by atoms with Crippen LogP contribution >= 0.6 is 0 Å². The summed E-state index contributed by atoms with van der Waals surface area (Å²) in [5.74, 6) is 2.47. The van der Waals surface area contributed by atoms with Crippen LogP contribution in [0.4, 0.5) is 0 Å². The number of carbonyl (C=O) groups excluding carboxylic acids is 1. The molecule has 4 aliphatic carbocycles. The molecule has 4 aliphatic rings. The fourth-order valence-electron chi connectivity index (χ4n) is 9.49. The Balaban J connectivity index is 1.22. The van der Waals surface area contributed by atoms with Gasteiger partial charge in [0.15, 0.2) is 0 Å². The van der Waals surface area contributed by atoms with E-state index < -0.39 is 16.5 Å². The van der Waals surface area contributed by atoms with Gasteiger partial charge in [-0.3, -0.25) is 9.35 Å². The van der Waals surface area contributed by atoms with Crippen LogP contribution in [0.3, 0.4) is 0 Å². The maximum Gasteiger partial charge on any atom is 0.397 e. The van der Waals surface area contributed by atoms with Crippen molar-refractivity contribution in [3.8, 4) is 0 Å². The van der Waals surface area contributed by atoms with Gasteiger partial charge in [-0.25, -0.2) is 4.18 Å². The van der Waals surface area contributed by atoms with E-state index >= 15 is 0 Å². The standard InChI is InChI=1S/C32H58N4O5S/c1-23(30(37)36-21-7-20-35-18-5-4-17-34-19-6-16-33)27-10-11-28-26-9-8-24-22-25(41-42(38,39)40)12-14-31(24,2)29(26)13-15-32(27,28)3/h8,23,25-29,34-35H,4-7,9-22,33H2,1-3H3,(H,36,37)(H,38,39,40)/t23?,25?,26?,27-,28+,29?,31+,32-/m1/s1. The molecule has 4 rings (SSSR count). The quantitative estimate of drug-likeness (QED) is 0.0994. The van der Waals surface area contributed by atoms with Gasteiger partial charge in [-0.2, -0.15) is 8.42 Å². The SMILES string of the molecule is CC(C(=O)NCCCNCCCCNCCCN)[C@H]1CC[C@H]2C3CC=C4CC(OS(=O)(=O)O)CC[C@]4(C)C3CC[C@]12C. The fourth-order valence-corrected chi connectivity index (χ4v) is 10.00. The second-order valence-electron chi connectivity index (χ2n) is 14.2. The summed E-state index contributed by atoms with van der Waals surface area (Å²) in [4.78, 5) is 13.3. The molecule has 6 N–H and O–H groups in total. The summed E-state index contributed by atoms with van der Waals surface area (Å²) < 4.78 is 36.8. The lowest BCUT2D eigenvalue weighted by atomic mass is 9.47. The highest BCUT2D eigenvalue weighted by molar-refractivity contribution is 7.80. The van der Waals surface area contributed by atoms with Gasteiger partial charge in [-0.05, 0) is 144 Å². The highest BCUT2D eigenvalue weighted by atomic mass is 32.3. The van der Waals surface area contributed by atoms with Crippen molar-refractivity contribution in [3.63, 3.8) is 0 Å². The number of unbranched alkanes of at least 4 members (excludes halogenated alkanes) is 1. The summed E-state index contributed by atoms with van der Waals surface area (Å²) in [5.41, 5.74) is 7.08. The van der Waals surface area contributed by atoms with Crippen LogP contribution in [0, 0.1) is 40.4 Å². The molecule has 4 unspecified atom stereocenters. The van der Waals surface area contributed by atoms with Gasteiger partial charge in [0.1, 0.15) is 0 Å². The maximum absolute atomic E-state index is 13.3. The van der Waals surface area contributed by atoms with Crippen LogP contribution in [0.15, 0.2) is 11.6 Å². The third-order valence-corrected chi connectivity index (χ3v) is 12.3. The van der Waals surface area contributed by atoms with Crippen LogP contribution in [0.2, 0.25) is 0 Å². The van der Waals surface area contributed by atoms with Crippen molar-refractivity contribution < 1.29 is 21.9 Å². The van der Waals surface area contributed by atoms with Gasteiger partial charge >= 0.3 is 10.4 Å². The van der Waals surface area contributed by atoms with Gasteiger partial charge in [0.25, 0.3) is 0 Å². The van der Waals surface area contributed by atoms with Crippen molar-refractivity contribution in [2.45, 2.75) is 104 Å². The molecular formula is C32H58N4O5S. The molecule has 9 nitrogen and oxygen atoms in total. The van der Waals surface area contributed by atoms with E-state index in [4.69, 9.17) is 9.92 Å². The van der Waals surface area contributed by atoms with Crippen LogP contribution in [-0.2, 0) is 19.4 Å². The number of carbonyl (C=O) groups is 1. The molecule has 3 saturated carbocycles. The van der Waals surface area contributed by atoms with E-state index in [1.54, 1.807) is 0 Å². The predicted octanol–water partition coefficient (Wildman–Crippen LogP) is 4.20. The number of nitrogens with one attached hydrogen (secondary N) is 3. The van der Waals surface area contributed by atoms with Crippen molar-refractivity contribution in [2.24, 2.45) is 46.2 Å². The lowest BCUT2D eigenvalue weighted by Crippen LogP contribution is -2.51. The summed E-state index contributed by atoms with van der Waals surface area (Å²) >= 11 is 0.